The normalized spacial score (nSPS) is 19.1. The van der Waals surface area contributed by atoms with Gasteiger partial charge in [0.05, 0.1) is 21.3 Å². The van der Waals surface area contributed by atoms with Crippen LogP contribution in [0.3, 0.4) is 0 Å². The predicted molar refractivity (Wildman–Crippen MR) is 124 cm³/mol. The Morgan fingerprint density at radius 3 is 2.67 bits per heavy atom. The number of carbonyl (C=O) groups is 2. The molecule has 2 aliphatic rings. The molecular weight excluding hydrogens is 549 g/mol. The topological polar surface area (TPSA) is 104 Å². The predicted octanol–water partition coefficient (Wildman–Crippen LogP) is 2.44. The highest BCUT2D eigenvalue weighted by atomic mass is 127. The lowest BCUT2D eigenvalue weighted by atomic mass is 10.0. The van der Waals surface area contributed by atoms with Crippen LogP contribution in [0.25, 0.3) is 0 Å². The molecule has 176 valence electrons. The molecule has 0 saturated heterocycles. The highest BCUT2D eigenvalue weighted by molar-refractivity contribution is 14.1. The first-order valence-electron chi connectivity index (χ1n) is 10.7. The molecule has 0 saturated carbocycles. The Labute approximate surface area is 202 Å². The average Bonchev–Trinajstić information content (AvgIpc) is 3.13. The summed E-state index contributed by atoms with van der Waals surface area (Å²) >= 11 is 1.54. The molecule has 4 rings (SSSR count). The van der Waals surface area contributed by atoms with Crippen molar-refractivity contribution in [3.8, 4) is 5.75 Å². The second-order valence-corrected chi connectivity index (χ2v) is 9.10. The molecule has 3 heterocycles. The van der Waals surface area contributed by atoms with Gasteiger partial charge in [0.15, 0.2) is 11.4 Å². The van der Waals surface area contributed by atoms with Crippen molar-refractivity contribution in [3.05, 3.63) is 60.1 Å². The van der Waals surface area contributed by atoms with E-state index in [0.29, 0.717) is 31.7 Å². The number of rotatable bonds is 6. The molecule has 1 aromatic carbocycles. The van der Waals surface area contributed by atoms with Crippen LogP contribution in [0, 0.1) is 15.2 Å². The zero-order chi connectivity index (χ0) is 24.0. The summed E-state index contributed by atoms with van der Waals surface area (Å²) < 4.78 is 29.3. The Morgan fingerprint density at radius 1 is 1.27 bits per heavy atom. The first-order chi connectivity index (χ1) is 15.7. The lowest BCUT2D eigenvalue weighted by Gasteiger charge is -2.33. The number of nitrogens with zero attached hydrogens (tertiary/aromatic N) is 2. The summed E-state index contributed by atoms with van der Waals surface area (Å²) in [6, 6.07) is 1.74. The van der Waals surface area contributed by atoms with Crippen molar-refractivity contribution in [2.75, 3.05) is 19.6 Å². The molecule has 2 amide bonds. The molecule has 2 atom stereocenters. The largest absolute Gasteiger partial charge is 0.503 e. The molecule has 1 unspecified atom stereocenters. The third kappa shape index (κ3) is 3.80. The lowest BCUT2D eigenvalue weighted by molar-refractivity contribution is 0.0675. The van der Waals surface area contributed by atoms with Gasteiger partial charge < -0.3 is 25.2 Å². The first kappa shape index (κ1) is 23.6. The summed E-state index contributed by atoms with van der Waals surface area (Å²) in [4.78, 5) is 40.7. The third-order valence-corrected chi connectivity index (χ3v) is 7.15. The van der Waals surface area contributed by atoms with E-state index >= 15 is 0 Å². The van der Waals surface area contributed by atoms with Gasteiger partial charge in [-0.2, -0.15) is 0 Å². The van der Waals surface area contributed by atoms with Crippen LogP contribution in [0.5, 0.6) is 5.75 Å². The molecule has 11 heteroatoms. The smallest absolute Gasteiger partial charge is 0.274 e. The molecule has 0 fully saturated rings. The number of benzene rings is 1. The molecule has 2 aromatic rings. The number of nitrogens with one attached hydrogen (secondary N) is 2. The fraction of sp³-hybridized carbons (Fsp3) is 0.409. The van der Waals surface area contributed by atoms with Crippen LogP contribution in [0.2, 0.25) is 0 Å². The van der Waals surface area contributed by atoms with Crippen LogP contribution in [0.1, 0.15) is 64.5 Å². The molecule has 0 bridgehead atoms. The fourth-order valence-corrected chi connectivity index (χ4v) is 5.17. The van der Waals surface area contributed by atoms with E-state index in [1.54, 1.807) is 9.47 Å². The highest BCUT2D eigenvalue weighted by Crippen LogP contribution is 2.42. The number of likely N-dealkylation sites (N-methyl/N-ethyl adjacent to an activating group) is 1. The Kier molecular flexibility index (Phi) is 6.45. The van der Waals surface area contributed by atoms with Gasteiger partial charge in [-0.15, -0.1) is 0 Å². The molecule has 33 heavy (non-hydrogen) atoms. The van der Waals surface area contributed by atoms with Crippen molar-refractivity contribution >= 4 is 34.4 Å². The van der Waals surface area contributed by atoms with E-state index in [2.05, 4.69) is 10.6 Å². The summed E-state index contributed by atoms with van der Waals surface area (Å²) in [6.07, 6.45) is 0.540. The number of carbonyl (C=O) groups excluding carboxylic acids is 2. The molecule has 2 aliphatic heterocycles. The zero-order valence-electron chi connectivity index (χ0n) is 18.0. The van der Waals surface area contributed by atoms with Crippen molar-refractivity contribution in [2.45, 2.75) is 38.9 Å². The maximum Gasteiger partial charge on any atom is 0.274 e. The van der Waals surface area contributed by atoms with Crippen molar-refractivity contribution in [1.82, 2.24) is 20.1 Å². The minimum Gasteiger partial charge on any atom is -0.503 e. The highest BCUT2D eigenvalue weighted by Gasteiger charge is 2.44. The van der Waals surface area contributed by atoms with Gasteiger partial charge in [0, 0.05) is 25.2 Å². The van der Waals surface area contributed by atoms with Crippen LogP contribution in [-0.2, 0) is 6.54 Å². The lowest BCUT2D eigenvalue weighted by Crippen LogP contribution is -2.44. The van der Waals surface area contributed by atoms with E-state index in [4.69, 9.17) is 0 Å². The van der Waals surface area contributed by atoms with Gasteiger partial charge in [-0.25, -0.2) is 8.78 Å². The first-order valence-corrected chi connectivity index (χ1v) is 11.7. The number of amides is 2. The SMILES string of the molecule is CCN[C@H]1CC2CN(CC)C(=O)c3c(O)c(=O)c(C(=O)NCc4ccc(F)c(I)c4F)c1n32. The van der Waals surface area contributed by atoms with Crippen molar-refractivity contribution < 1.29 is 23.5 Å². The molecule has 0 spiro atoms. The van der Waals surface area contributed by atoms with Crippen LogP contribution in [0.4, 0.5) is 8.78 Å². The van der Waals surface area contributed by atoms with Gasteiger partial charge in [0.2, 0.25) is 5.43 Å². The van der Waals surface area contributed by atoms with Crippen LogP contribution < -0.4 is 16.1 Å². The third-order valence-electron chi connectivity index (χ3n) is 6.16. The standard InChI is InChI=1S/C22H23F2IN4O4/c1-3-26-13-7-11-9-28(4-2)22(33)18-20(31)19(30)14(17(13)29(11)18)21(32)27-8-10-5-6-12(23)16(25)15(10)24/h5-6,11,13,26,31H,3-4,7-9H2,1-2H3,(H,27,32)/t11?,13-/m0/s1. The maximum absolute atomic E-state index is 14.4. The van der Waals surface area contributed by atoms with E-state index < -0.39 is 34.6 Å². The number of aromatic hydroxyl groups is 1. The van der Waals surface area contributed by atoms with E-state index in [1.165, 1.54) is 28.7 Å². The van der Waals surface area contributed by atoms with Crippen LogP contribution >= 0.6 is 22.6 Å². The van der Waals surface area contributed by atoms with E-state index in [9.17, 15) is 28.3 Å². The molecule has 3 N–H and O–H groups in total. The summed E-state index contributed by atoms with van der Waals surface area (Å²) in [5, 5.41) is 16.4. The van der Waals surface area contributed by atoms with Gasteiger partial charge in [-0.3, -0.25) is 14.4 Å². The quantitative estimate of drug-likeness (QED) is 0.365. The fourth-order valence-electron chi connectivity index (χ4n) is 4.64. The Morgan fingerprint density at radius 2 is 2.00 bits per heavy atom. The minimum atomic E-state index is -0.947. The van der Waals surface area contributed by atoms with E-state index in [1.807, 2.05) is 13.8 Å². The second-order valence-electron chi connectivity index (χ2n) is 8.02. The Bertz CT molecular complexity index is 1220. The minimum absolute atomic E-state index is 0.0581. The van der Waals surface area contributed by atoms with Gasteiger partial charge in [0.1, 0.15) is 17.2 Å². The van der Waals surface area contributed by atoms with Gasteiger partial charge >= 0.3 is 0 Å². The van der Waals surface area contributed by atoms with Crippen molar-refractivity contribution in [1.29, 1.82) is 0 Å². The Balaban J connectivity index is 1.78. The van der Waals surface area contributed by atoms with Gasteiger partial charge in [0.25, 0.3) is 11.8 Å². The molecule has 0 aliphatic carbocycles. The monoisotopic (exact) mass is 572 g/mol. The van der Waals surface area contributed by atoms with Gasteiger partial charge in [-0.1, -0.05) is 13.0 Å². The summed E-state index contributed by atoms with van der Waals surface area (Å²) in [5.74, 6) is -3.53. The van der Waals surface area contributed by atoms with E-state index in [-0.39, 0.29) is 39.0 Å². The molecule has 8 nitrogen and oxygen atoms in total. The number of halogens is 3. The number of hydrogen-bond acceptors (Lipinski definition) is 5. The second kappa shape index (κ2) is 9.01. The summed E-state index contributed by atoms with van der Waals surface area (Å²) in [6.45, 7) is 4.82. The maximum atomic E-state index is 14.4. The van der Waals surface area contributed by atoms with Gasteiger partial charge in [-0.05, 0) is 48.5 Å². The van der Waals surface area contributed by atoms with Crippen molar-refractivity contribution in [2.24, 2.45) is 0 Å². The number of hydrogen-bond donors (Lipinski definition) is 3. The average molecular weight is 572 g/mol. The summed E-state index contributed by atoms with van der Waals surface area (Å²) in [7, 11) is 0. The molecule has 1 aromatic heterocycles. The Hall–Kier alpha value is -2.54. The molecular formula is C22H23F2IN4O4. The zero-order valence-corrected chi connectivity index (χ0v) is 20.2. The molecule has 0 radical (unpaired) electrons. The van der Waals surface area contributed by atoms with Crippen LogP contribution in [-0.4, -0.2) is 46.0 Å². The van der Waals surface area contributed by atoms with Crippen LogP contribution in [0.15, 0.2) is 16.9 Å². The number of pyridine rings is 1. The number of aromatic nitrogens is 1. The van der Waals surface area contributed by atoms with E-state index in [0.717, 1.165) is 6.07 Å². The van der Waals surface area contributed by atoms with Crippen molar-refractivity contribution in [3.63, 3.8) is 0 Å². The summed E-state index contributed by atoms with van der Waals surface area (Å²) in [5.41, 5.74) is -0.931.